The summed E-state index contributed by atoms with van der Waals surface area (Å²) in [6.07, 6.45) is 14.6. The quantitative estimate of drug-likeness (QED) is 0.666. The first-order valence-electron chi connectivity index (χ1n) is 11.0. The van der Waals surface area contributed by atoms with E-state index < -0.39 is 11.1 Å². The third kappa shape index (κ3) is 4.34. The molecule has 0 aromatic rings. The summed E-state index contributed by atoms with van der Waals surface area (Å²) in [5.74, 6) is 0.222. The molecule has 1 aliphatic carbocycles. The minimum Gasteiger partial charge on any atom is -0.345 e. The fourth-order valence-corrected chi connectivity index (χ4v) is 5.75. The minimum atomic E-state index is -0.671. The van der Waals surface area contributed by atoms with Crippen molar-refractivity contribution in [1.82, 2.24) is 10.6 Å². The molecule has 2 saturated heterocycles. The first kappa shape index (κ1) is 20.3. The maximum atomic E-state index is 13.3. The van der Waals surface area contributed by atoms with E-state index in [0.717, 1.165) is 19.3 Å². The van der Waals surface area contributed by atoms with Crippen molar-refractivity contribution < 1.29 is 9.53 Å². The number of carbonyl (C=O) groups is 1. The number of carbonyl (C=O) groups excluding carboxylic acids is 1. The largest absolute Gasteiger partial charge is 0.345 e. The van der Waals surface area contributed by atoms with Crippen LogP contribution in [0.4, 0.5) is 0 Å². The van der Waals surface area contributed by atoms with Gasteiger partial charge >= 0.3 is 0 Å². The first-order chi connectivity index (χ1) is 12.2. The minimum absolute atomic E-state index is 0.101. The molecule has 2 aliphatic heterocycles. The maximum absolute atomic E-state index is 13.3. The molecule has 3 aliphatic rings. The molecule has 3 rings (SSSR count). The molecular formula is C22H40N2O2. The molecule has 0 radical (unpaired) electrons. The molecule has 0 bridgehead atoms. The molecule has 4 nitrogen and oxygen atoms in total. The third-order valence-electron chi connectivity index (χ3n) is 6.61. The maximum Gasteiger partial charge on any atom is 0.185 e. The number of piperidine rings is 1. The van der Waals surface area contributed by atoms with E-state index in [1.54, 1.807) is 0 Å². The van der Waals surface area contributed by atoms with Crippen LogP contribution in [0.25, 0.3) is 0 Å². The molecule has 2 heterocycles. The Hall–Kier alpha value is -0.450. The van der Waals surface area contributed by atoms with E-state index in [-0.39, 0.29) is 17.0 Å². The molecule has 2 N–H and O–H groups in total. The molecule has 150 valence electrons. The summed E-state index contributed by atoms with van der Waals surface area (Å²) in [7, 11) is 0. The van der Waals surface area contributed by atoms with Crippen LogP contribution in [0.2, 0.25) is 0 Å². The highest BCUT2D eigenvalue weighted by atomic mass is 16.6. The van der Waals surface area contributed by atoms with Gasteiger partial charge in [0.1, 0.15) is 11.3 Å². The first-order valence-corrected chi connectivity index (χ1v) is 11.0. The Morgan fingerprint density at radius 3 is 1.85 bits per heavy atom. The summed E-state index contributed by atoms with van der Waals surface area (Å²) in [4.78, 5) is 13.3. The van der Waals surface area contributed by atoms with Gasteiger partial charge in [-0.05, 0) is 53.4 Å². The standard InChI is InChI=1S/C22H40N2O2/c1-19(2)16-21(18(25)20(3,4)24-19)17-23-22(26-21)14-12-10-8-6-5-7-9-11-13-15-22/h23-24H,5-17H2,1-4H3. The summed E-state index contributed by atoms with van der Waals surface area (Å²) < 4.78 is 6.81. The van der Waals surface area contributed by atoms with Crippen LogP contribution in [0, 0.1) is 0 Å². The van der Waals surface area contributed by atoms with E-state index in [4.69, 9.17) is 4.74 Å². The average molecular weight is 365 g/mol. The van der Waals surface area contributed by atoms with Gasteiger partial charge in [0.15, 0.2) is 5.78 Å². The number of ketones is 1. The zero-order valence-corrected chi connectivity index (χ0v) is 17.5. The zero-order valence-electron chi connectivity index (χ0n) is 17.5. The molecule has 0 aromatic heterocycles. The lowest BCUT2D eigenvalue weighted by atomic mass is 9.72. The number of rotatable bonds is 0. The van der Waals surface area contributed by atoms with Crippen LogP contribution in [-0.2, 0) is 9.53 Å². The summed E-state index contributed by atoms with van der Waals surface area (Å²) in [6, 6.07) is 0. The van der Waals surface area contributed by atoms with Crippen LogP contribution in [0.15, 0.2) is 0 Å². The molecule has 1 atom stereocenters. The van der Waals surface area contributed by atoms with Gasteiger partial charge in [-0.2, -0.15) is 0 Å². The number of hydrogen-bond donors (Lipinski definition) is 2. The Morgan fingerprint density at radius 1 is 0.808 bits per heavy atom. The van der Waals surface area contributed by atoms with Gasteiger partial charge in [-0.1, -0.05) is 44.9 Å². The van der Waals surface area contributed by atoms with Crippen molar-refractivity contribution in [3.63, 3.8) is 0 Å². The molecular weight excluding hydrogens is 324 g/mol. The second-order valence-corrected chi connectivity index (χ2v) is 10.3. The lowest BCUT2D eigenvalue weighted by Crippen LogP contribution is -2.71. The number of nitrogens with one attached hydrogen (secondary N) is 2. The fourth-order valence-electron chi connectivity index (χ4n) is 5.75. The van der Waals surface area contributed by atoms with Crippen LogP contribution in [0.1, 0.15) is 105 Å². The van der Waals surface area contributed by atoms with E-state index in [2.05, 4.69) is 24.5 Å². The molecule has 0 aromatic carbocycles. The molecule has 26 heavy (non-hydrogen) atoms. The highest BCUT2D eigenvalue weighted by Crippen LogP contribution is 2.44. The van der Waals surface area contributed by atoms with E-state index in [1.807, 2.05) is 13.8 Å². The van der Waals surface area contributed by atoms with Gasteiger partial charge in [0.2, 0.25) is 0 Å². The Morgan fingerprint density at radius 2 is 1.31 bits per heavy atom. The van der Waals surface area contributed by atoms with Crippen molar-refractivity contribution in [3.05, 3.63) is 0 Å². The SMILES string of the molecule is CC1(C)CC2(CNC3(CCCCCCCCCCC3)O2)C(=O)C(C)(C)N1. The second kappa shape index (κ2) is 7.52. The predicted octanol–water partition coefficient (Wildman–Crippen LogP) is 4.47. The summed E-state index contributed by atoms with van der Waals surface area (Å²) in [5.41, 5.74) is -1.61. The topological polar surface area (TPSA) is 50.4 Å². The van der Waals surface area contributed by atoms with Gasteiger partial charge in [0, 0.05) is 18.5 Å². The normalized spacial score (nSPS) is 35.2. The molecule has 3 fully saturated rings. The van der Waals surface area contributed by atoms with E-state index in [9.17, 15) is 4.79 Å². The number of ether oxygens (including phenoxy) is 1. The second-order valence-electron chi connectivity index (χ2n) is 10.3. The smallest absolute Gasteiger partial charge is 0.185 e. The van der Waals surface area contributed by atoms with Crippen LogP contribution >= 0.6 is 0 Å². The van der Waals surface area contributed by atoms with Crippen LogP contribution in [0.5, 0.6) is 0 Å². The van der Waals surface area contributed by atoms with Gasteiger partial charge in [-0.15, -0.1) is 0 Å². The molecule has 2 spiro atoms. The number of Topliss-reactive ketones (excluding diaryl/α,β-unsaturated/α-hetero) is 1. The van der Waals surface area contributed by atoms with Crippen LogP contribution in [0.3, 0.4) is 0 Å². The Balaban J connectivity index is 1.77. The van der Waals surface area contributed by atoms with E-state index >= 15 is 0 Å². The Labute approximate surface area is 160 Å². The molecule has 1 unspecified atom stereocenters. The van der Waals surface area contributed by atoms with Crippen molar-refractivity contribution >= 4 is 5.78 Å². The fraction of sp³-hybridized carbons (Fsp3) is 0.955. The Bertz CT molecular complexity index is 502. The third-order valence-corrected chi connectivity index (χ3v) is 6.61. The van der Waals surface area contributed by atoms with Crippen molar-refractivity contribution in [1.29, 1.82) is 0 Å². The average Bonchev–Trinajstić information content (AvgIpc) is 2.87. The summed E-state index contributed by atoms with van der Waals surface area (Å²) in [5, 5.41) is 7.24. The van der Waals surface area contributed by atoms with Crippen molar-refractivity contribution in [2.24, 2.45) is 0 Å². The van der Waals surface area contributed by atoms with Crippen LogP contribution < -0.4 is 10.6 Å². The molecule has 0 amide bonds. The lowest BCUT2D eigenvalue weighted by Gasteiger charge is -2.50. The van der Waals surface area contributed by atoms with Crippen molar-refractivity contribution in [2.75, 3.05) is 6.54 Å². The summed E-state index contributed by atoms with van der Waals surface area (Å²) >= 11 is 0. The molecule has 4 heteroatoms. The summed E-state index contributed by atoms with van der Waals surface area (Å²) in [6.45, 7) is 9.07. The van der Waals surface area contributed by atoms with Gasteiger partial charge in [-0.3, -0.25) is 10.1 Å². The zero-order chi connectivity index (χ0) is 18.9. The Kier molecular flexibility index (Phi) is 5.87. The van der Waals surface area contributed by atoms with Crippen LogP contribution in [-0.4, -0.2) is 34.7 Å². The van der Waals surface area contributed by atoms with Gasteiger partial charge < -0.3 is 10.1 Å². The number of hydrogen-bond acceptors (Lipinski definition) is 4. The van der Waals surface area contributed by atoms with E-state index in [1.165, 1.54) is 57.8 Å². The van der Waals surface area contributed by atoms with Crippen molar-refractivity contribution in [3.8, 4) is 0 Å². The van der Waals surface area contributed by atoms with Crippen molar-refractivity contribution in [2.45, 2.75) is 127 Å². The monoisotopic (exact) mass is 364 g/mol. The highest BCUT2D eigenvalue weighted by molar-refractivity contribution is 5.96. The lowest BCUT2D eigenvalue weighted by molar-refractivity contribution is -0.174. The predicted molar refractivity (Wildman–Crippen MR) is 106 cm³/mol. The molecule has 1 saturated carbocycles. The highest BCUT2D eigenvalue weighted by Gasteiger charge is 2.61. The van der Waals surface area contributed by atoms with Gasteiger partial charge in [0.25, 0.3) is 0 Å². The van der Waals surface area contributed by atoms with Gasteiger partial charge in [0.05, 0.1) is 5.54 Å². The van der Waals surface area contributed by atoms with E-state index in [0.29, 0.717) is 6.54 Å². The van der Waals surface area contributed by atoms with Gasteiger partial charge in [-0.25, -0.2) is 0 Å².